The van der Waals surface area contributed by atoms with Gasteiger partial charge in [-0.3, -0.25) is 9.69 Å². The molecular formula is C16H22N2O5. The molecule has 7 heteroatoms. The quantitative estimate of drug-likeness (QED) is 0.792. The van der Waals surface area contributed by atoms with Gasteiger partial charge in [-0.05, 0) is 24.6 Å². The molecule has 1 aliphatic heterocycles. The van der Waals surface area contributed by atoms with Crippen LogP contribution >= 0.6 is 0 Å². The number of carboxylic acids is 1. The van der Waals surface area contributed by atoms with E-state index >= 15 is 0 Å². The Hall–Kier alpha value is -2.12. The zero-order valence-corrected chi connectivity index (χ0v) is 13.4. The Bertz CT molecular complexity index is 560. The number of ether oxygens (including phenoxy) is 2. The van der Waals surface area contributed by atoms with E-state index < -0.39 is 11.6 Å². The molecule has 23 heavy (non-hydrogen) atoms. The third kappa shape index (κ3) is 4.67. The number of amides is 1. The number of nitrogens with zero attached hydrogens (tertiary/aromatic N) is 1. The lowest BCUT2D eigenvalue weighted by Gasteiger charge is -2.39. The fourth-order valence-electron chi connectivity index (χ4n) is 2.58. The molecule has 0 aliphatic carbocycles. The standard InChI is InChI=1S/C16H22N2O5/c1-16(15(21)17-2)11-18(7-8-23-16)9-12-3-5-13(6-4-12)22-10-14(19)20/h3-6H,7-11H2,1-2H3,(H,17,21)(H,19,20)/t16-/m1/s1. The summed E-state index contributed by atoms with van der Waals surface area (Å²) in [6.07, 6.45) is 0. The number of aliphatic carboxylic acids is 1. The number of carboxylic acid groups (broad SMARTS) is 1. The van der Waals surface area contributed by atoms with E-state index in [9.17, 15) is 9.59 Å². The molecule has 126 valence electrons. The Morgan fingerprint density at radius 2 is 2.09 bits per heavy atom. The minimum atomic E-state index is -1.00. The highest BCUT2D eigenvalue weighted by Crippen LogP contribution is 2.20. The highest BCUT2D eigenvalue weighted by Gasteiger charge is 2.38. The van der Waals surface area contributed by atoms with Gasteiger partial charge in [0.1, 0.15) is 5.75 Å². The zero-order chi connectivity index (χ0) is 16.9. The highest BCUT2D eigenvalue weighted by atomic mass is 16.5. The Labute approximate surface area is 135 Å². The maximum atomic E-state index is 11.9. The molecule has 1 amide bonds. The summed E-state index contributed by atoms with van der Waals surface area (Å²) in [6.45, 7) is 3.90. The monoisotopic (exact) mass is 322 g/mol. The maximum Gasteiger partial charge on any atom is 0.341 e. The Morgan fingerprint density at radius 3 is 2.70 bits per heavy atom. The van der Waals surface area contributed by atoms with Crippen LogP contribution in [0.25, 0.3) is 0 Å². The van der Waals surface area contributed by atoms with Gasteiger partial charge in [-0.1, -0.05) is 12.1 Å². The van der Waals surface area contributed by atoms with E-state index in [-0.39, 0.29) is 12.5 Å². The summed E-state index contributed by atoms with van der Waals surface area (Å²) in [5.74, 6) is -0.608. The Kier molecular flexibility index (Phi) is 5.57. The number of morpholine rings is 1. The second kappa shape index (κ2) is 7.43. The van der Waals surface area contributed by atoms with E-state index in [1.807, 2.05) is 12.1 Å². The molecule has 7 nitrogen and oxygen atoms in total. The fourth-order valence-corrected chi connectivity index (χ4v) is 2.58. The predicted molar refractivity (Wildman–Crippen MR) is 83.3 cm³/mol. The molecule has 2 rings (SSSR count). The summed E-state index contributed by atoms with van der Waals surface area (Å²) >= 11 is 0. The molecule has 0 saturated carbocycles. The van der Waals surface area contributed by atoms with Crippen LogP contribution in [0.15, 0.2) is 24.3 Å². The second-order valence-electron chi connectivity index (χ2n) is 5.70. The molecule has 1 aliphatic rings. The van der Waals surface area contributed by atoms with Gasteiger partial charge in [-0.2, -0.15) is 0 Å². The number of hydrogen-bond acceptors (Lipinski definition) is 5. The lowest BCUT2D eigenvalue weighted by atomic mass is 10.0. The van der Waals surface area contributed by atoms with Crippen molar-refractivity contribution in [1.82, 2.24) is 10.2 Å². The van der Waals surface area contributed by atoms with Crippen LogP contribution in [-0.4, -0.2) is 60.8 Å². The van der Waals surface area contributed by atoms with Gasteiger partial charge >= 0.3 is 5.97 Å². The summed E-state index contributed by atoms with van der Waals surface area (Å²) in [5.41, 5.74) is 0.228. The molecule has 0 radical (unpaired) electrons. The van der Waals surface area contributed by atoms with E-state index in [2.05, 4.69) is 10.2 Å². The lowest BCUT2D eigenvalue weighted by Crippen LogP contribution is -2.57. The molecule has 0 aromatic heterocycles. The Balaban J connectivity index is 1.93. The number of hydrogen-bond donors (Lipinski definition) is 2. The normalized spacial score (nSPS) is 21.7. The molecule has 1 fully saturated rings. The largest absolute Gasteiger partial charge is 0.482 e. The molecule has 1 atom stereocenters. The van der Waals surface area contributed by atoms with E-state index in [4.69, 9.17) is 14.6 Å². The van der Waals surface area contributed by atoms with Gasteiger partial charge in [0.05, 0.1) is 6.61 Å². The number of nitrogens with one attached hydrogen (secondary N) is 1. The number of benzene rings is 1. The lowest BCUT2D eigenvalue weighted by molar-refractivity contribution is -0.156. The molecule has 1 aromatic rings. The van der Waals surface area contributed by atoms with Crippen LogP contribution < -0.4 is 10.1 Å². The third-order valence-electron chi connectivity index (χ3n) is 3.75. The minimum absolute atomic E-state index is 0.125. The molecule has 0 spiro atoms. The van der Waals surface area contributed by atoms with Crippen LogP contribution in [0.2, 0.25) is 0 Å². The van der Waals surface area contributed by atoms with E-state index in [0.29, 0.717) is 25.4 Å². The van der Waals surface area contributed by atoms with Crippen molar-refractivity contribution in [2.45, 2.75) is 19.1 Å². The minimum Gasteiger partial charge on any atom is -0.482 e. The van der Waals surface area contributed by atoms with Gasteiger partial charge in [-0.15, -0.1) is 0 Å². The van der Waals surface area contributed by atoms with Gasteiger partial charge in [0.15, 0.2) is 12.2 Å². The van der Waals surface area contributed by atoms with Crippen LogP contribution in [0.4, 0.5) is 0 Å². The number of rotatable bonds is 6. The molecule has 1 heterocycles. The summed E-state index contributed by atoms with van der Waals surface area (Å²) in [4.78, 5) is 24.6. The molecule has 0 bridgehead atoms. The van der Waals surface area contributed by atoms with Crippen molar-refractivity contribution in [3.8, 4) is 5.75 Å². The van der Waals surface area contributed by atoms with Gasteiger partial charge in [0, 0.05) is 26.7 Å². The van der Waals surface area contributed by atoms with Crippen molar-refractivity contribution in [2.24, 2.45) is 0 Å². The van der Waals surface area contributed by atoms with Crippen molar-refractivity contribution in [2.75, 3.05) is 33.4 Å². The highest BCUT2D eigenvalue weighted by molar-refractivity contribution is 5.84. The van der Waals surface area contributed by atoms with E-state index in [1.54, 1.807) is 26.1 Å². The topological polar surface area (TPSA) is 88.1 Å². The smallest absolute Gasteiger partial charge is 0.341 e. The Morgan fingerprint density at radius 1 is 1.39 bits per heavy atom. The van der Waals surface area contributed by atoms with Crippen LogP contribution in [-0.2, 0) is 20.9 Å². The van der Waals surface area contributed by atoms with Crippen molar-refractivity contribution in [3.05, 3.63) is 29.8 Å². The van der Waals surface area contributed by atoms with Crippen molar-refractivity contribution >= 4 is 11.9 Å². The summed E-state index contributed by atoms with van der Waals surface area (Å²) < 4.78 is 10.7. The third-order valence-corrected chi connectivity index (χ3v) is 3.75. The average Bonchev–Trinajstić information content (AvgIpc) is 2.53. The van der Waals surface area contributed by atoms with Gasteiger partial charge < -0.3 is 19.9 Å². The maximum absolute atomic E-state index is 11.9. The van der Waals surface area contributed by atoms with Crippen LogP contribution in [0.5, 0.6) is 5.75 Å². The first-order valence-electron chi connectivity index (χ1n) is 7.45. The molecule has 2 N–H and O–H groups in total. The number of likely N-dealkylation sites (N-methyl/N-ethyl adjacent to an activating group) is 1. The first-order chi connectivity index (χ1) is 10.9. The zero-order valence-electron chi connectivity index (χ0n) is 13.4. The van der Waals surface area contributed by atoms with Crippen molar-refractivity contribution in [1.29, 1.82) is 0 Å². The first-order valence-corrected chi connectivity index (χ1v) is 7.45. The number of carbonyl (C=O) groups is 2. The number of carbonyl (C=O) groups excluding carboxylic acids is 1. The van der Waals surface area contributed by atoms with Crippen LogP contribution in [0.3, 0.4) is 0 Å². The average molecular weight is 322 g/mol. The summed E-state index contributed by atoms with van der Waals surface area (Å²) in [5, 5.41) is 11.2. The van der Waals surface area contributed by atoms with Gasteiger partial charge in [0.2, 0.25) is 0 Å². The van der Waals surface area contributed by atoms with Gasteiger partial charge in [-0.25, -0.2) is 4.79 Å². The molecule has 0 unspecified atom stereocenters. The fraction of sp³-hybridized carbons (Fsp3) is 0.500. The van der Waals surface area contributed by atoms with Crippen LogP contribution in [0, 0.1) is 0 Å². The van der Waals surface area contributed by atoms with E-state index in [1.165, 1.54) is 0 Å². The molecule has 1 aromatic carbocycles. The SMILES string of the molecule is CNC(=O)[C@@]1(C)CN(Cc2ccc(OCC(=O)O)cc2)CCO1. The second-order valence-corrected chi connectivity index (χ2v) is 5.70. The van der Waals surface area contributed by atoms with Crippen molar-refractivity contribution in [3.63, 3.8) is 0 Å². The summed E-state index contributed by atoms with van der Waals surface area (Å²) in [7, 11) is 1.60. The predicted octanol–water partition coefficient (Wildman–Crippen LogP) is 0.487. The molecule has 1 saturated heterocycles. The van der Waals surface area contributed by atoms with Crippen LogP contribution in [0.1, 0.15) is 12.5 Å². The summed E-state index contributed by atoms with van der Waals surface area (Å²) in [6, 6.07) is 7.28. The van der Waals surface area contributed by atoms with E-state index in [0.717, 1.165) is 12.1 Å². The molecular weight excluding hydrogens is 300 g/mol. The first kappa shape index (κ1) is 17.2. The van der Waals surface area contributed by atoms with Crippen molar-refractivity contribution < 1.29 is 24.2 Å². The van der Waals surface area contributed by atoms with Gasteiger partial charge in [0.25, 0.3) is 5.91 Å².